The molecule has 2 rings (SSSR count). The van der Waals surface area contributed by atoms with Gasteiger partial charge in [0, 0.05) is 31.9 Å². The predicted octanol–water partition coefficient (Wildman–Crippen LogP) is 2.52. The van der Waals surface area contributed by atoms with Crippen LogP contribution < -0.4 is 15.5 Å². The van der Waals surface area contributed by atoms with Gasteiger partial charge in [0.15, 0.2) is 5.96 Å². The smallest absolute Gasteiger partial charge is 0.357 e. The summed E-state index contributed by atoms with van der Waals surface area (Å²) in [5.74, 6) is 3.41. The fourth-order valence-corrected chi connectivity index (χ4v) is 2.81. The lowest BCUT2D eigenvalue weighted by Crippen LogP contribution is -2.44. The number of terminal acetylenes is 1. The van der Waals surface area contributed by atoms with E-state index in [2.05, 4.69) is 26.5 Å². The van der Waals surface area contributed by atoms with Gasteiger partial charge in [-0.15, -0.1) is 6.42 Å². The maximum Gasteiger partial charge on any atom is 0.417 e. The van der Waals surface area contributed by atoms with E-state index in [4.69, 9.17) is 18.0 Å². The summed E-state index contributed by atoms with van der Waals surface area (Å²) >= 11 is 6.00. The van der Waals surface area contributed by atoms with Gasteiger partial charge in [-0.05, 0) is 19.4 Å². The van der Waals surface area contributed by atoms with E-state index in [-0.39, 0.29) is 17.6 Å². The molecule has 2 N–H and O–H groups in total. The molecule has 5 nitrogen and oxygen atoms in total. The van der Waals surface area contributed by atoms with Crippen LogP contribution in [0.2, 0.25) is 5.02 Å². The normalized spacial score (nSPS) is 18.2. The molecule has 0 aromatic carbocycles. The number of pyridine rings is 1. The summed E-state index contributed by atoms with van der Waals surface area (Å²) in [6.45, 7) is 4.08. The fourth-order valence-electron chi connectivity index (χ4n) is 2.53. The molecule has 136 valence electrons. The van der Waals surface area contributed by atoms with E-state index in [9.17, 15) is 13.2 Å². The van der Waals surface area contributed by atoms with Crippen LogP contribution >= 0.6 is 11.6 Å². The average molecular weight is 374 g/mol. The summed E-state index contributed by atoms with van der Waals surface area (Å²) in [5.41, 5.74) is -0.856. The zero-order chi connectivity index (χ0) is 18.4. The van der Waals surface area contributed by atoms with Gasteiger partial charge < -0.3 is 15.5 Å². The third-order valence-electron chi connectivity index (χ3n) is 3.65. The van der Waals surface area contributed by atoms with Crippen molar-refractivity contribution in [2.75, 3.05) is 31.1 Å². The molecule has 1 aliphatic rings. The Morgan fingerprint density at radius 2 is 2.32 bits per heavy atom. The molecule has 0 aliphatic carbocycles. The molecule has 25 heavy (non-hydrogen) atoms. The van der Waals surface area contributed by atoms with Crippen LogP contribution in [-0.4, -0.2) is 43.2 Å². The third kappa shape index (κ3) is 5.16. The van der Waals surface area contributed by atoms with Crippen LogP contribution in [0.3, 0.4) is 0 Å². The summed E-state index contributed by atoms with van der Waals surface area (Å²) in [6.07, 6.45) is 2.34. The van der Waals surface area contributed by atoms with E-state index < -0.39 is 11.7 Å². The maximum atomic E-state index is 12.7. The Labute approximate surface area is 149 Å². The molecule has 1 aromatic heterocycles. The van der Waals surface area contributed by atoms with Crippen LogP contribution in [0.1, 0.15) is 18.9 Å². The standard InChI is InChI=1S/C16H19ClF3N5/c1-3-6-22-15(21-4-2)24-12-5-7-25(10-12)14-13(17)8-11(9-23-14)16(18,19)20/h1,8-9,12H,4-7,10H2,2H3,(H2,21,22,24). The molecule has 0 radical (unpaired) electrons. The van der Waals surface area contributed by atoms with Crippen molar-refractivity contribution < 1.29 is 13.2 Å². The Kier molecular flexibility index (Phi) is 6.37. The second-order valence-corrected chi connectivity index (χ2v) is 5.91. The van der Waals surface area contributed by atoms with Crippen LogP contribution in [0.4, 0.5) is 19.0 Å². The lowest BCUT2D eigenvalue weighted by Gasteiger charge is -2.21. The molecule has 9 heteroatoms. The van der Waals surface area contributed by atoms with Crippen LogP contribution in [0.25, 0.3) is 0 Å². The summed E-state index contributed by atoms with van der Waals surface area (Å²) in [7, 11) is 0. The van der Waals surface area contributed by atoms with Gasteiger partial charge in [0.2, 0.25) is 0 Å². The molecule has 0 amide bonds. The molecule has 1 saturated heterocycles. The SMILES string of the molecule is C#CCN=C(NCC)NC1CCN(c2ncc(C(F)(F)F)cc2Cl)C1. The van der Waals surface area contributed by atoms with Gasteiger partial charge in [0.25, 0.3) is 0 Å². The first-order valence-corrected chi connectivity index (χ1v) is 8.19. The molecule has 1 aromatic rings. The minimum Gasteiger partial charge on any atom is -0.357 e. The van der Waals surface area contributed by atoms with Crippen LogP contribution in [0.5, 0.6) is 0 Å². The van der Waals surface area contributed by atoms with Gasteiger partial charge in [-0.3, -0.25) is 0 Å². The third-order valence-corrected chi connectivity index (χ3v) is 3.93. The van der Waals surface area contributed by atoms with Crippen molar-refractivity contribution >= 4 is 23.4 Å². The summed E-state index contributed by atoms with van der Waals surface area (Å²) in [5, 5.41) is 6.34. The van der Waals surface area contributed by atoms with E-state index in [1.165, 1.54) is 0 Å². The maximum absolute atomic E-state index is 12.7. The second kappa shape index (κ2) is 8.30. The van der Waals surface area contributed by atoms with Gasteiger partial charge in [-0.1, -0.05) is 17.5 Å². The molecular weight excluding hydrogens is 355 g/mol. The molecular formula is C16H19ClF3N5. The first kappa shape index (κ1) is 19.2. The summed E-state index contributed by atoms with van der Waals surface area (Å²) in [4.78, 5) is 9.97. The molecule has 0 saturated carbocycles. The lowest BCUT2D eigenvalue weighted by atomic mass is 10.2. The molecule has 0 bridgehead atoms. The van der Waals surface area contributed by atoms with E-state index in [1.807, 2.05) is 11.8 Å². The van der Waals surface area contributed by atoms with Gasteiger partial charge in [-0.2, -0.15) is 13.2 Å². The minimum atomic E-state index is -4.46. The van der Waals surface area contributed by atoms with Crippen molar-refractivity contribution in [2.24, 2.45) is 4.99 Å². The highest BCUT2D eigenvalue weighted by molar-refractivity contribution is 6.33. The number of hydrogen-bond donors (Lipinski definition) is 2. The van der Waals surface area contributed by atoms with Gasteiger partial charge >= 0.3 is 6.18 Å². The summed E-state index contributed by atoms with van der Waals surface area (Å²) < 4.78 is 38.1. The molecule has 0 spiro atoms. The molecule has 1 unspecified atom stereocenters. The van der Waals surface area contributed by atoms with E-state index in [0.29, 0.717) is 31.4 Å². The Hall–Kier alpha value is -2.14. The highest BCUT2D eigenvalue weighted by Gasteiger charge is 2.33. The van der Waals surface area contributed by atoms with Crippen molar-refractivity contribution in [3.63, 3.8) is 0 Å². The Bertz CT molecular complexity index is 669. The molecule has 1 fully saturated rings. The van der Waals surface area contributed by atoms with Crippen LogP contribution in [0.15, 0.2) is 17.3 Å². The fraction of sp³-hybridized carbons (Fsp3) is 0.500. The monoisotopic (exact) mass is 373 g/mol. The van der Waals surface area contributed by atoms with E-state index >= 15 is 0 Å². The number of guanidine groups is 1. The summed E-state index contributed by atoms with van der Waals surface area (Å²) in [6, 6.07) is 0.971. The van der Waals surface area contributed by atoms with Crippen LogP contribution in [0, 0.1) is 12.3 Å². The highest BCUT2D eigenvalue weighted by atomic mass is 35.5. The Balaban J connectivity index is 2.04. The number of anilines is 1. The van der Waals surface area contributed by atoms with E-state index in [0.717, 1.165) is 18.7 Å². The van der Waals surface area contributed by atoms with Gasteiger partial charge in [-0.25, -0.2) is 9.98 Å². The number of aromatic nitrogens is 1. The minimum absolute atomic E-state index is 0.0108. The van der Waals surface area contributed by atoms with Crippen LogP contribution in [-0.2, 0) is 6.18 Å². The number of halogens is 4. The first-order valence-electron chi connectivity index (χ1n) is 7.81. The van der Waals surface area contributed by atoms with Crippen molar-refractivity contribution in [1.29, 1.82) is 0 Å². The molecule has 1 atom stereocenters. The predicted molar refractivity (Wildman–Crippen MR) is 92.8 cm³/mol. The number of hydrogen-bond acceptors (Lipinski definition) is 3. The number of alkyl halides is 3. The van der Waals surface area contributed by atoms with Crippen molar-refractivity contribution in [3.8, 4) is 12.3 Å². The molecule has 1 aliphatic heterocycles. The largest absolute Gasteiger partial charge is 0.417 e. The lowest BCUT2D eigenvalue weighted by molar-refractivity contribution is -0.137. The Morgan fingerprint density at radius 1 is 1.56 bits per heavy atom. The first-order chi connectivity index (χ1) is 11.8. The quantitative estimate of drug-likeness (QED) is 0.484. The number of rotatable bonds is 4. The highest BCUT2D eigenvalue weighted by Crippen LogP contribution is 2.34. The number of nitrogens with zero attached hydrogens (tertiary/aromatic N) is 3. The average Bonchev–Trinajstić information content (AvgIpc) is 3.00. The molecule has 2 heterocycles. The topological polar surface area (TPSA) is 52.6 Å². The van der Waals surface area contributed by atoms with Gasteiger partial charge in [0.05, 0.1) is 10.6 Å². The van der Waals surface area contributed by atoms with Crippen molar-refractivity contribution in [1.82, 2.24) is 15.6 Å². The van der Waals surface area contributed by atoms with Crippen molar-refractivity contribution in [3.05, 3.63) is 22.8 Å². The zero-order valence-corrected chi connectivity index (χ0v) is 14.5. The van der Waals surface area contributed by atoms with E-state index in [1.54, 1.807) is 0 Å². The van der Waals surface area contributed by atoms with Crippen molar-refractivity contribution in [2.45, 2.75) is 25.6 Å². The second-order valence-electron chi connectivity index (χ2n) is 5.50. The zero-order valence-electron chi connectivity index (χ0n) is 13.7. The number of aliphatic imine (C=N–C) groups is 1. The Morgan fingerprint density at radius 3 is 2.92 bits per heavy atom. The number of nitrogens with one attached hydrogen (secondary N) is 2. The van der Waals surface area contributed by atoms with Gasteiger partial charge in [0.1, 0.15) is 12.4 Å².